The Bertz CT molecular complexity index is 167. The van der Waals surface area contributed by atoms with Crippen LogP contribution in [0.2, 0.25) is 0 Å². The second-order valence-electron chi connectivity index (χ2n) is 5.09. The third kappa shape index (κ3) is 5.28. The van der Waals surface area contributed by atoms with Gasteiger partial charge in [0.15, 0.2) is 0 Å². The molecule has 1 heterocycles. The number of aliphatic hydroxyl groups is 1. The summed E-state index contributed by atoms with van der Waals surface area (Å²) in [5.74, 6) is 0.462. The molecule has 0 spiro atoms. The normalized spacial score (nSPS) is 21.2. The van der Waals surface area contributed by atoms with E-state index in [2.05, 4.69) is 24.1 Å². The van der Waals surface area contributed by atoms with E-state index in [0.717, 1.165) is 19.0 Å². The van der Waals surface area contributed by atoms with Crippen LogP contribution in [0.1, 0.15) is 39.5 Å². The molecular weight excluding hydrogens is 200 g/mol. The number of nitrogens with one attached hydrogen (secondary N) is 1. The quantitative estimate of drug-likeness (QED) is 0.648. The van der Waals surface area contributed by atoms with Gasteiger partial charge in [-0.15, -0.1) is 0 Å². The first-order chi connectivity index (χ1) is 7.76. The summed E-state index contributed by atoms with van der Waals surface area (Å²) in [5, 5.41) is 12.6. The summed E-state index contributed by atoms with van der Waals surface area (Å²) in [5.41, 5.74) is 0. The van der Waals surface area contributed by atoms with Crippen LogP contribution in [0.3, 0.4) is 0 Å². The SMILES string of the molecule is CCN1CCC(NCCCC(C)CO)CC1. The highest BCUT2D eigenvalue weighted by Gasteiger charge is 2.16. The van der Waals surface area contributed by atoms with E-state index in [4.69, 9.17) is 5.11 Å². The van der Waals surface area contributed by atoms with E-state index in [1.165, 1.54) is 38.9 Å². The van der Waals surface area contributed by atoms with Gasteiger partial charge in [-0.2, -0.15) is 0 Å². The summed E-state index contributed by atoms with van der Waals surface area (Å²) in [4.78, 5) is 2.52. The van der Waals surface area contributed by atoms with Crippen LogP contribution in [-0.2, 0) is 0 Å². The van der Waals surface area contributed by atoms with Gasteiger partial charge in [-0.25, -0.2) is 0 Å². The van der Waals surface area contributed by atoms with Crippen LogP contribution >= 0.6 is 0 Å². The molecule has 0 bridgehead atoms. The molecule has 0 radical (unpaired) electrons. The topological polar surface area (TPSA) is 35.5 Å². The predicted octanol–water partition coefficient (Wildman–Crippen LogP) is 1.47. The van der Waals surface area contributed by atoms with Crippen LogP contribution in [0.25, 0.3) is 0 Å². The summed E-state index contributed by atoms with van der Waals surface area (Å²) in [6.07, 6.45) is 4.92. The molecule has 3 heteroatoms. The second kappa shape index (κ2) is 8.04. The van der Waals surface area contributed by atoms with Crippen molar-refractivity contribution in [3.63, 3.8) is 0 Å². The predicted molar refractivity (Wildman–Crippen MR) is 68.6 cm³/mol. The highest BCUT2D eigenvalue weighted by molar-refractivity contribution is 4.76. The average molecular weight is 228 g/mol. The van der Waals surface area contributed by atoms with Gasteiger partial charge in [-0.3, -0.25) is 0 Å². The molecule has 0 aromatic rings. The summed E-state index contributed by atoms with van der Waals surface area (Å²) in [7, 11) is 0. The van der Waals surface area contributed by atoms with Crippen LogP contribution in [0, 0.1) is 5.92 Å². The van der Waals surface area contributed by atoms with Crippen LogP contribution < -0.4 is 5.32 Å². The number of hydrogen-bond donors (Lipinski definition) is 2. The molecule has 0 aromatic heterocycles. The number of nitrogens with zero attached hydrogens (tertiary/aromatic N) is 1. The van der Waals surface area contributed by atoms with Crippen molar-refractivity contribution in [3.8, 4) is 0 Å². The highest BCUT2D eigenvalue weighted by atomic mass is 16.3. The Balaban J connectivity index is 1.98. The minimum absolute atomic E-state index is 0.328. The van der Waals surface area contributed by atoms with Crippen molar-refractivity contribution < 1.29 is 5.11 Å². The zero-order valence-electron chi connectivity index (χ0n) is 10.9. The molecule has 1 rings (SSSR count). The average Bonchev–Trinajstić information content (AvgIpc) is 2.35. The smallest absolute Gasteiger partial charge is 0.0456 e. The lowest BCUT2D eigenvalue weighted by Gasteiger charge is -2.31. The molecule has 1 aliphatic heterocycles. The van der Waals surface area contributed by atoms with Crippen LogP contribution in [0.15, 0.2) is 0 Å². The van der Waals surface area contributed by atoms with Gasteiger partial charge >= 0.3 is 0 Å². The van der Waals surface area contributed by atoms with Crippen molar-refractivity contribution in [1.82, 2.24) is 10.2 Å². The molecule has 0 aliphatic carbocycles. The Morgan fingerprint density at radius 1 is 1.38 bits per heavy atom. The van der Waals surface area contributed by atoms with Gasteiger partial charge in [0, 0.05) is 12.6 Å². The molecule has 16 heavy (non-hydrogen) atoms. The van der Waals surface area contributed by atoms with E-state index >= 15 is 0 Å². The first-order valence-corrected chi connectivity index (χ1v) is 6.82. The molecule has 1 saturated heterocycles. The van der Waals surface area contributed by atoms with E-state index in [0.29, 0.717) is 12.5 Å². The maximum Gasteiger partial charge on any atom is 0.0456 e. The van der Waals surface area contributed by atoms with Crippen LogP contribution in [0.4, 0.5) is 0 Å². The van der Waals surface area contributed by atoms with E-state index in [9.17, 15) is 0 Å². The first kappa shape index (κ1) is 13.9. The summed E-state index contributed by atoms with van der Waals surface area (Å²) in [6.45, 7) is 9.49. The fraction of sp³-hybridized carbons (Fsp3) is 1.00. The molecule has 1 aliphatic rings. The Morgan fingerprint density at radius 3 is 2.62 bits per heavy atom. The molecule has 3 nitrogen and oxygen atoms in total. The van der Waals surface area contributed by atoms with Crippen LogP contribution in [0.5, 0.6) is 0 Å². The van der Waals surface area contributed by atoms with Crippen molar-refractivity contribution in [1.29, 1.82) is 0 Å². The maximum absolute atomic E-state index is 8.91. The van der Waals surface area contributed by atoms with Crippen molar-refractivity contribution in [2.75, 3.05) is 32.8 Å². The number of likely N-dealkylation sites (tertiary alicyclic amines) is 1. The Hall–Kier alpha value is -0.120. The standard InChI is InChI=1S/C13H28N2O/c1-3-15-9-6-13(7-10-15)14-8-4-5-12(2)11-16/h12-14,16H,3-11H2,1-2H3. The van der Waals surface area contributed by atoms with Gasteiger partial charge < -0.3 is 15.3 Å². The third-order valence-corrected chi connectivity index (χ3v) is 3.65. The minimum atomic E-state index is 0.328. The largest absolute Gasteiger partial charge is 0.396 e. The fourth-order valence-corrected chi connectivity index (χ4v) is 2.30. The molecule has 0 amide bonds. The number of piperidine rings is 1. The van der Waals surface area contributed by atoms with Gasteiger partial charge in [0.2, 0.25) is 0 Å². The zero-order valence-corrected chi connectivity index (χ0v) is 10.9. The zero-order chi connectivity index (χ0) is 11.8. The summed E-state index contributed by atoms with van der Waals surface area (Å²) in [6, 6.07) is 0.729. The number of rotatable bonds is 7. The van der Waals surface area contributed by atoms with Crippen molar-refractivity contribution in [2.24, 2.45) is 5.92 Å². The van der Waals surface area contributed by atoms with E-state index < -0.39 is 0 Å². The van der Waals surface area contributed by atoms with Crippen molar-refractivity contribution in [3.05, 3.63) is 0 Å². The summed E-state index contributed by atoms with van der Waals surface area (Å²) < 4.78 is 0. The number of hydrogen-bond acceptors (Lipinski definition) is 3. The molecule has 1 unspecified atom stereocenters. The van der Waals surface area contributed by atoms with E-state index in [1.54, 1.807) is 0 Å². The Morgan fingerprint density at radius 2 is 2.06 bits per heavy atom. The van der Waals surface area contributed by atoms with Crippen molar-refractivity contribution >= 4 is 0 Å². The monoisotopic (exact) mass is 228 g/mol. The first-order valence-electron chi connectivity index (χ1n) is 6.82. The van der Waals surface area contributed by atoms with Gasteiger partial charge in [0.25, 0.3) is 0 Å². The molecule has 0 saturated carbocycles. The molecule has 2 N–H and O–H groups in total. The Labute approximate surface area is 100 Å². The molecule has 1 atom stereocenters. The molecule has 0 aromatic carbocycles. The Kier molecular flexibility index (Phi) is 7.01. The third-order valence-electron chi connectivity index (χ3n) is 3.65. The van der Waals surface area contributed by atoms with Crippen LogP contribution in [-0.4, -0.2) is 48.8 Å². The van der Waals surface area contributed by atoms with Crippen molar-refractivity contribution in [2.45, 2.75) is 45.6 Å². The minimum Gasteiger partial charge on any atom is -0.396 e. The van der Waals surface area contributed by atoms with Gasteiger partial charge in [-0.1, -0.05) is 13.8 Å². The van der Waals surface area contributed by atoms with E-state index in [-0.39, 0.29) is 0 Å². The summed E-state index contributed by atoms with van der Waals surface area (Å²) >= 11 is 0. The van der Waals surface area contributed by atoms with Gasteiger partial charge in [0.1, 0.15) is 0 Å². The lowest BCUT2D eigenvalue weighted by molar-refractivity contribution is 0.203. The van der Waals surface area contributed by atoms with Gasteiger partial charge in [-0.05, 0) is 57.8 Å². The second-order valence-corrected chi connectivity index (χ2v) is 5.09. The molecule has 1 fully saturated rings. The van der Waals surface area contributed by atoms with Gasteiger partial charge in [0.05, 0.1) is 0 Å². The highest BCUT2D eigenvalue weighted by Crippen LogP contribution is 2.10. The fourth-order valence-electron chi connectivity index (χ4n) is 2.30. The maximum atomic E-state index is 8.91. The van der Waals surface area contributed by atoms with E-state index in [1.807, 2.05) is 0 Å². The number of aliphatic hydroxyl groups excluding tert-OH is 1. The lowest BCUT2D eigenvalue weighted by Crippen LogP contribution is -2.42. The molecular formula is C13H28N2O. The lowest BCUT2D eigenvalue weighted by atomic mass is 10.0. The molecule has 96 valence electrons.